The molecule has 0 spiro atoms. The minimum Gasteiger partial charge on any atom is -0.391 e. The molecule has 0 aliphatic carbocycles. The molecule has 0 bridgehead atoms. The molecular weight excluding hydrogens is 360 g/mol. The highest BCUT2D eigenvalue weighted by Gasteiger charge is 2.45. The summed E-state index contributed by atoms with van der Waals surface area (Å²) in [5, 5.41) is 10.0. The first kappa shape index (κ1) is 20.0. The monoisotopic (exact) mass is 390 g/mol. The third kappa shape index (κ3) is 4.10. The number of carbonyl (C=O) groups excluding carboxylic acids is 2. The van der Waals surface area contributed by atoms with Crippen LogP contribution in [0.5, 0.6) is 0 Å². The number of aliphatic hydroxyl groups is 1. The lowest BCUT2D eigenvalue weighted by atomic mass is 10.0. The Kier molecular flexibility index (Phi) is 5.47. The SMILES string of the molecule is Cc1cc2c(cc1C)N(COCC[Si](C)(C)C)C(=O)[C@@H]1C[C@@H](O)CN1C2=O. The molecule has 0 aromatic heterocycles. The van der Waals surface area contributed by atoms with E-state index in [1.807, 2.05) is 26.0 Å². The Bertz CT molecular complexity index is 759. The van der Waals surface area contributed by atoms with Crippen molar-refractivity contribution in [2.75, 3.05) is 24.8 Å². The van der Waals surface area contributed by atoms with Crippen molar-refractivity contribution < 1.29 is 19.4 Å². The lowest BCUT2D eigenvalue weighted by molar-refractivity contribution is -0.123. The molecular formula is C20H30N2O4Si. The van der Waals surface area contributed by atoms with Crippen LogP contribution in [0.4, 0.5) is 5.69 Å². The molecule has 27 heavy (non-hydrogen) atoms. The molecule has 1 aromatic carbocycles. The number of nitrogens with zero attached hydrogens (tertiary/aromatic N) is 2. The van der Waals surface area contributed by atoms with Crippen LogP contribution in [0.2, 0.25) is 25.7 Å². The number of hydrogen-bond donors (Lipinski definition) is 1. The fourth-order valence-corrected chi connectivity index (χ4v) is 4.35. The molecule has 1 aromatic rings. The van der Waals surface area contributed by atoms with Gasteiger partial charge in [0.25, 0.3) is 11.8 Å². The molecule has 1 fully saturated rings. The molecule has 0 unspecified atom stereocenters. The highest BCUT2D eigenvalue weighted by Crippen LogP contribution is 2.34. The number of ether oxygens (including phenoxy) is 1. The number of aliphatic hydroxyl groups excluding tert-OH is 1. The van der Waals surface area contributed by atoms with Crippen molar-refractivity contribution in [3.05, 3.63) is 28.8 Å². The van der Waals surface area contributed by atoms with E-state index in [1.165, 1.54) is 4.90 Å². The van der Waals surface area contributed by atoms with Gasteiger partial charge in [-0.2, -0.15) is 0 Å². The lowest BCUT2D eigenvalue weighted by Crippen LogP contribution is -2.45. The molecule has 2 atom stereocenters. The quantitative estimate of drug-likeness (QED) is 0.620. The Balaban J connectivity index is 1.93. The standard InChI is InChI=1S/C20H30N2O4Si/c1-13-8-16-17(9-14(13)2)22(12-26-6-7-27(3,4)5)20(25)18-10-15(23)11-21(18)19(16)24/h8-9,15,18,23H,6-7,10-12H2,1-5H3/t15-,18+/m1/s1. The molecule has 1 saturated heterocycles. The topological polar surface area (TPSA) is 70.1 Å². The van der Waals surface area contributed by atoms with Crippen molar-refractivity contribution in [3.63, 3.8) is 0 Å². The Labute approximate surface area is 162 Å². The Morgan fingerprint density at radius 2 is 1.85 bits per heavy atom. The van der Waals surface area contributed by atoms with Crippen LogP contribution < -0.4 is 4.90 Å². The second kappa shape index (κ2) is 7.37. The number of amides is 2. The predicted molar refractivity (Wildman–Crippen MR) is 108 cm³/mol. The summed E-state index contributed by atoms with van der Waals surface area (Å²) in [5.41, 5.74) is 3.16. The summed E-state index contributed by atoms with van der Waals surface area (Å²) < 4.78 is 5.86. The molecule has 2 aliphatic rings. The van der Waals surface area contributed by atoms with E-state index in [1.54, 1.807) is 4.90 Å². The number of anilines is 1. The molecule has 7 heteroatoms. The summed E-state index contributed by atoms with van der Waals surface area (Å²) in [6.07, 6.45) is -0.382. The third-order valence-electron chi connectivity index (χ3n) is 5.44. The largest absolute Gasteiger partial charge is 0.391 e. The summed E-state index contributed by atoms with van der Waals surface area (Å²) in [5.74, 6) is -0.359. The first-order chi connectivity index (χ1) is 12.6. The smallest absolute Gasteiger partial charge is 0.256 e. The molecule has 6 nitrogen and oxygen atoms in total. The van der Waals surface area contributed by atoms with Crippen LogP contribution in [0.3, 0.4) is 0 Å². The second-order valence-corrected chi connectivity index (χ2v) is 14.6. The number of carbonyl (C=O) groups is 2. The highest BCUT2D eigenvalue weighted by atomic mass is 28.3. The van der Waals surface area contributed by atoms with Gasteiger partial charge < -0.3 is 14.7 Å². The van der Waals surface area contributed by atoms with Crippen LogP contribution in [-0.2, 0) is 9.53 Å². The molecule has 148 valence electrons. The van der Waals surface area contributed by atoms with Gasteiger partial charge in [-0.15, -0.1) is 0 Å². The zero-order chi connectivity index (χ0) is 19.9. The van der Waals surface area contributed by atoms with Gasteiger partial charge in [-0.05, 0) is 43.2 Å². The molecule has 2 amide bonds. The van der Waals surface area contributed by atoms with Gasteiger partial charge in [0.05, 0.1) is 17.4 Å². The van der Waals surface area contributed by atoms with E-state index in [-0.39, 0.29) is 31.5 Å². The Hall–Kier alpha value is -1.70. The summed E-state index contributed by atoms with van der Waals surface area (Å²) in [6.45, 7) is 11.7. The molecule has 3 rings (SSSR count). The zero-order valence-electron chi connectivity index (χ0n) is 16.9. The van der Waals surface area contributed by atoms with Gasteiger partial charge in [0.15, 0.2) is 0 Å². The van der Waals surface area contributed by atoms with Crippen molar-refractivity contribution in [1.29, 1.82) is 0 Å². The van der Waals surface area contributed by atoms with E-state index in [9.17, 15) is 14.7 Å². The van der Waals surface area contributed by atoms with Crippen molar-refractivity contribution in [1.82, 2.24) is 4.90 Å². The summed E-state index contributed by atoms with van der Waals surface area (Å²) in [6, 6.07) is 4.15. The van der Waals surface area contributed by atoms with Crippen molar-refractivity contribution in [3.8, 4) is 0 Å². The molecule has 0 saturated carbocycles. The average molecular weight is 391 g/mol. The lowest BCUT2D eigenvalue weighted by Gasteiger charge is -2.26. The Morgan fingerprint density at radius 1 is 1.19 bits per heavy atom. The van der Waals surface area contributed by atoms with E-state index in [2.05, 4.69) is 19.6 Å². The van der Waals surface area contributed by atoms with Crippen molar-refractivity contribution >= 4 is 25.6 Å². The van der Waals surface area contributed by atoms with Crippen LogP contribution in [0.1, 0.15) is 27.9 Å². The first-order valence-electron chi connectivity index (χ1n) is 9.58. The van der Waals surface area contributed by atoms with Crippen LogP contribution in [0.25, 0.3) is 0 Å². The van der Waals surface area contributed by atoms with Gasteiger partial charge in [0, 0.05) is 27.6 Å². The Morgan fingerprint density at radius 3 is 2.52 bits per heavy atom. The van der Waals surface area contributed by atoms with Crippen LogP contribution in [0.15, 0.2) is 12.1 Å². The summed E-state index contributed by atoms with van der Waals surface area (Å²) >= 11 is 0. The van der Waals surface area contributed by atoms with Crippen LogP contribution in [0, 0.1) is 13.8 Å². The third-order valence-corrected chi connectivity index (χ3v) is 7.15. The van der Waals surface area contributed by atoms with Gasteiger partial charge in [0.2, 0.25) is 0 Å². The van der Waals surface area contributed by atoms with Gasteiger partial charge in [-0.1, -0.05) is 19.6 Å². The molecule has 0 radical (unpaired) electrons. The van der Waals surface area contributed by atoms with Gasteiger partial charge in [-0.3, -0.25) is 14.5 Å². The number of benzene rings is 1. The number of fused-ring (bicyclic) bond motifs is 2. The number of aryl methyl sites for hydroxylation is 2. The first-order valence-corrected chi connectivity index (χ1v) is 13.3. The zero-order valence-corrected chi connectivity index (χ0v) is 17.9. The fourth-order valence-electron chi connectivity index (χ4n) is 3.59. The van der Waals surface area contributed by atoms with Crippen molar-refractivity contribution in [2.24, 2.45) is 0 Å². The van der Waals surface area contributed by atoms with Crippen molar-refractivity contribution in [2.45, 2.75) is 58.1 Å². The van der Waals surface area contributed by atoms with E-state index >= 15 is 0 Å². The van der Waals surface area contributed by atoms with Gasteiger partial charge >= 0.3 is 0 Å². The molecule has 1 N–H and O–H groups in total. The molecule has 2 aliphatic heterocycles. The van der Waals surface area contributed by atoms with Crippen LogP contribution in [-0.4, -0.2) is 61.9 Å². The fraction of sp³-hybridized carbons (Fsp3) is 0.600. The highest BCUT2D eigenvalue weighted by molar-refractivity contribution is 6.76. The van der Waals surface area contributed by atoms with E-state index < -0.39 is 20.2 Å². The van der Waals surface area contributed by atoms with E-state index in [0.29, 0.717) is 17.9 Å². The van der Waals surface area contributed by atoms with Gasteiger partial charge in [-0.25, -0.2) is 0 Å². The maximum absolute atomic E-state index is 13.2. The molecule has 2 heterocycles. The average Bonchev–Trinajstić information content (AvgIpc) is 2.94. The van der Waals surface area contributed by atoms with E-state index in [0.717, 1.165) is 17.2 Å². The second-order valence-electron chi connectivity index (χ2n) is 8.93. The maximum atomic E-state index is 13.2. The summed E-state index contributed by atoms with van der Waals surface area (Å²) in [4.78, 5) is 29.4. The van der Waals surface area contributed by atoms with E-state index in [4.69, 9.17) is 4.74 Å². The number of rotatable bonds is 5. The predicted octanol–water partition coefficient (Wildman–Crippen LogP) is 2.54. The number of hydrogen-bond acceptors (Lipinski definition) is 4. The normalized spacial score (nSPS) is 22.7. The minimum atomic E-state index is -1.22. The minimum absolute atomic E-state index is 0.131. The summed E-state index contributed by atoms with van der Waals surface area (Å²) in [7, 11) is -1.22. The van der Waals surface area contributed by atoms with Crippen LogP contribution >= 0.6 is 0 Å². The van der Waals surface area contributed by atoms with Gasteiger partial charge in [0.1, 0.15) is 12.8 Å². The maximum Gasteiger partial charge on any atom is 0.256 e.